The van der Waals surface area contributed by atoms with Crippen LogP contribution in [-0.4, -0.2) is 249 Å². The summed E-state index contributed by atoms with van der Waals surface area (Å²) in [6, 6.07) is 19.2. The van der Waals surface area contributed by atoms with Crippen molar-refractivity contribution in [3.63, 3.8) is 0 Å². The maximum absolute atomic E-state index is 13.0. The van der Waals surface area contributed by atoms with Gasteiger partial charge in [0.2, 0.25) is 83.1 Å². The fourth-order valence-electron chi connectivity index (χ4n) is 6.43. The first-order valence-corrected chi connectivity index (χ1v) is 34.3. The van der Waals surface area contributed by atoms with Gasteiger partial charge in [-0.3, -0.25) is 33.6 Å². The summed E-state index contributed by atoms with van der Waals surface area (Å²) in [7, 11) is 2.40. The predicted molar refractivity (Wildman–Crippen MR) is 383 cm³/mol. The van der Waals surface area contributed by atoms with Gasteiger partial charge in [0.25, 0.3) is 0 Å². The van der Waals surface area contributed by atoms with Crippen molar-refractivity contribution in [2.24, 2.45) is 32.5 Å². The second-order valence-electron chi connectivity index (χ2n) is 22.6. The first kappa shape index (κ1) is 148. The molecular formula is C68H98Br2F34O21. The summed E-state index contributed by atoms with van der Waals surface area (Å²) in [6.45, 7) is -13.1. The highest BCUT2D eigenvalue weighted by Crippen LogP contribution is 2.39. The third kappa shape index (κ3) is 106. The molecule has 2 aromatic carbocycles. The number of benzene rings is 2. The maximum Gasteiger partial charge on any atom is 0.559 e. The highest BCUT2D eigenvalue weighted by atomic mass is 79.9. The number of carbonyl (C=O) groups is 9. The minimum absolute atomic E-state index is 0.0124. The molecule has 0 aliphatic carbocycles. The van der Waals surface area contributed by atoms with E-state index in [1.54, 1.807) is 34.6 Å². The smallest absolute Gasteiger partial charge is 0.468 e. The van der Waals surface area contributed by atoms with Crippen molar-refractivity contribution in [1.82, 2.24) is 0 Å². The van der Waals surface area contributed by atoms with Crippen molar-refractivity contribution in [3.05, 3.63) is 71.8 Å². The maximum atomic E-state index is 13.0. The van der Waals surface area contributed by atoms with Gasteiger partial charge < -0.3 is 57.2 Å². The first-order chi connectivity index (χ1) is 57.8. The van der Waals surface area contributed by atoms with E-state index in [1.807, 2.05) is 60.7 Å². The molecule has 21 nitrogen and oxygen atoms in total. The molecule has 0 saturated carbocycles. The Balaban J connectivity index is -0.000000104. The van der Waals surface area contributed by atoms with E-state index in [-0.39, 0.29) is 29.5 Å². The van der Waals surface area contributed by atoms with Gasteiger partial charge in [0, 0.05) is 16.6 Å². The van der Waals surface area contributed by atoms with E-state index in [9.17, 15) is 198 Å². The lowest BCUT2D eigenvalue weighted by Gasteiger charge is -2.30. The molecule has 3 rings (SSSR count). The average molecular weight is 2060 g/mol. The molecule has 0 spiro atoms. The molecule has 748 valence electrons. The number of aliphatic hydroxyl groups is 1. The standard InChI is InChI=1S/C28H38BrFO11.C19H26BrFO5.C7H10O5.2CF4.12CH2F2/c1-19(31)38-15-27(4,23(33)36-6)17-40-25(35)41-18-28(5,24(34)37-13-12-30)16-39-22(32)26(2,3)14-21(29)20-10-8-7-9-11-20;1-18(2,11-15(20)14-7-5-4-6-8-14)16(23)26-13-19(3,12-22)17(24)25-10-9-21;1-7(5(8)10-2)3-11-6(9)12-4-7;2*2-1(3,4)5;12*2-1-3/h7-11,21H,12-18H2,1-6H3;4-8,15,22H,9-13H2,1-3H3;3-4H2,1-2H3;;;12*1H2. The number of hydrogen-bond donors (Lipinski definition) is 1. The topological polar surface area (TPSA) is 275 Å². The summed E-state index contributed by atoms with van der Waals surface area (Å²) in [4.78, 5) is 107. The first-order valence-electron chi connectivity index (χ1n) is 32.5. The van der Waals surface area contributed by atoms with Crippen LogP contribution in [0.25, 0.3) is 0 Å². The van der Waals surface area contributed by atoms with Crippen LogP contribution in [0.1, 0.15) is 95.9 Å². The molecular weight excluding hydrogens is 1960 g/mol. The monoisotopic (exact) mass is 2050 g/mol. The molecule has 57 heteroatoms. The normalized spacial score (nSPS) is 12.7. The van der Waals surface area contributed by atoms with E-state index < -0.39 is 242 Å². The number of esters is 7. The minimum atomic E-state index is -5.50. The van der Waals surface area contributed by atoms with Crippen LogP contribution < -0.4 is 0 Å². The molecule has 1 aliphatic heterocycles. The van der Waals surface area contributed by atoms with Crippen LogP contribution in [0.5, 0.6) is 0 Å². The van der Waals surface area contributed by atoms with Crippen molar-refractivity contribution in [2.45, 2.75) is 97.7 Å². The molecule has 0 radical (unpaired) electrons. The SMILES string of the molecule is CC(C)(CC(Br)c1ccccc1)C(=O)OCC(C)(CO)C(=O)OCCF.COC(=O)C(C)(COC(C)=O)COC(=O)OCC(C)(COC(=O)C(C)(C)CC(Br)c1ccccc1)C(=O)OCCF.COC(=O)C1(C)COC(=O)OC1.FC(F)(F)F.FC(F)(F)F.FCF.FCF.FCF.FCF.FCF.FCF.FCF.FCF.FCF.FCF.FCF.FCF. The van der Waals surface area contributed by atoms with Gasteiger partial charge in [0.1, 0.15) is 94.5 Å². The lowest BCUT2D eigenvalue weighted by Crippen LogP contribution is -2.43. The Bertz CT molecular complexity index is 2730. The minimum Gasteiger partial charge on any atom is -0.468 e. The van der Waals surface area contributed by atoms with Gasteiger partial charge in [0.15, 0.2) is 0 Å². The van der Waals surface area contributed by atoms with Crippen LogP contribution in [0, 0.1) is 32.5 Å². The van der Waals surface area contributed by atoms with Crippen LogP contribution in [0.2, 0.25) is 0 Å². The lowest BCUT2D eigenvalue weighted by atomic mass is 9.86. The summed E-state index contributed by atoms with van der Waals surface area (Å²) in [6.07, 6.45) is -12.2. The Labute approximate surface area is 712 Å². The fourth-order valence-corrected chi connectivity index (χ4v) is 8.66. The van der Waals surface area contributed by atoms with Crippen molar-refractivity contribution < 1.29 is 250 Å². The molecule has 0 bridgehead atoms. The zero-order valence-corrected chi connectivity index (χ0v) is 71.2. The molecule has 125 heavy (non-hydrogen) atoms. The fraction of sp³-hybridized carbons (Fsp3) is 0.691. The second-order valence-corrected chi connectivity index (χ2v) is 24.8. The summed E-state index contributed by atoms with van der Waals surface area (Å²) < 4.78 is 387. The molecule has 5 atom stereocenters. The second kappa shape index (κ2) is 96.4. The Kier molecular flexibility index (Phi) is 114. The number of alkyl halides is 36. The number of rotatable bonds is 27. The van der Waals surface area contributed by atoms with Crippen LogP contribution in [0.4, 0.5) is 159 Å². The Morgan fingerprint density at radius 3 is 0.848 bits per heavy atom. The zero-order valence-electron chi connectivity index (χ0n) is 68.0. The van der Waals surface area contributed by atoms with Crippen molar-refractivity contribution in [1.29, 1.82) is 0 Å². The van der Waals surface area contributed by atoms with Crippen LogP contribution in [-0.2, 0) is 85.7 Å². The van der Waals surface area contributed by atoms with Crippen molar-refractivity contribution in [3.8, 4) is 0 Å². The molecule has 1 aliphatic rings. The molecule has 0 amide bonds. The highest BCUT2D eigenvalue weighted by Gasteiger charge is 2.44. The molecule has 1 N–H and O–H groups in total. The van der Waals surface area contributed by atoms with E-state index >= 15 is 0 Å². The highest BCUT2D eigenvalue weighted by molar-refractivity contribution is 9.09. The number of hydrogen-bond acceptors (Lipinski definition) is 21. The van der Waals surface area contributed by atoms with Crippen LogP contribution >= 0.6 is 31.9 Å². The molecule has 2 aromatic rings. The largest absolute Gasteiger partial charge is 0.559 e. The quantitative estimate of drug-likeness (QED) is 0.0376. The van der Waals surface area contributed by atoms with Gasteiger partial charge in [-0.25, -0.2) is 124 Å². The van der Waals surface area contributed by atoms with Gasteiger partial charge in [-0.15, -0.1) is 35.1 Å². The Morgan fingerprint density at radius 2 is 0.616 bits per heavy atom. The summed E-state index contributed by atoms with van der Waals surface area (Å²) in [5.74, 6) is -4.78. The van der Waals surface area contributed by atoms with Gasteiger partial charge >= 0.3 is 67.0 Å². The zero-order chi connectivity index (χ0) is 102. The Hall–Kier alpha value is -8.19. The van der Waals surface area contributed by atoms with Gasteiger partial charge in [0.05, 0.1) is 31.7 Å². The van der Waals surface area contributed by atoms with Crippen molar-refractivity contribution in [2.75, 3.05) is 177 Å². The summed E-state index contributed by atoms with van der Waals surface area (Å²) in [5, 5.41) is 9.47. The van der Waals surface area contributed by atoms with E-state index in [4.69, 9.17) is 33.2 Å². The van der Waals surface area contributed by atoms with Crippen LogP contribution in [0.15, 0.2) is 60.7 Å². The van der Waals surface area contributed by atoms with Gasteiger partial charge in [-0.1, -0.05) is 92.5 Å². The number of ether oxygens (including phenoxy) is 11. The number of methoxy groups -OCH3 is 2. The molecule has 5 unspecified atom stereocenters. The van der Waals surface area contributed by atoms with E-state index in [1.165, 1.54) is 27.9 Å². The van der Waals surface area contributed by atoms with Gasteiger partial charge in [-0.05, 0) is 79.4 Å². The Morgan fingerprint density at radius 1 is 0.384 bits per heavy atom. The number of cyclic esters (lactones) is 2. The van der Waals surface area contributed by atoms with E-state index in [2.05, 4.69) is 50.8 Å². The lowest BCUT2D eigenvalue weighted by molar-refractivity contribution is -0.238. The summed E-state index contributed by atoms with van der Waals surface area (Å²) >= 11 is 7.18. The third-order valence-corrected chi connectivity index (χ3v) is 13.5. The molecule has 1 heterocycles. The van der Waals surface area contributed by atoms with Crippen molar-refractivity contribution >= 4 is 86.0 Å². The molecule has 0 aromatic heterocycles. The van der Waals surface area contributed by atoms with Crippen LogP contribution in [0.3, 0.4) is 0 Å². The van der Waals surface area contributed by atoms with Gasteiger partial charge in [-0.2, -0.15) is 0 Å². The number of carbonyl (C=O) groups excluding carboxylic acids is 9. The van der Waals surface area contributed by atoms with E-state index in [0.717, 1.165) is 25.2 Å². The number of halogens is 36. The van der Waals surface area contributed by atoms with E-state index in [0.29, 0.717) is 12.8 Å². The molecule has 1 fully saturated rings. The summed E-state index contributed by atoms with van der Waals surface area (Å²) in [5.41, 5.74) is -5.30. The number of aliphatic hydroxyl groups excluding tert-OH is 1. The molecule has 1 saturated heterocycles. The predicted octanol–water partition coefficient (Wildman–Crippen LogP) is 22.0. The third-order valence-electron chi connectivity index (χ3n) is 11.8. The average Bonchev–Trinajstić information content (AvgIpc) is 0.841.